The number of aryl methyl sites for hydroxylation is 12. The number of hydrogen-bond donors (Lipinski definition) is 1. The Morgan fingerprint density at radius 3 is 0.821 bits per heavy atom. The molecule has 0 aliphatic heterocycles. The van der Waals surface area contributed by atoms with Crippen LogP contribution in [-0.2, 0) is 0 Å². The summed E-state index contributed by atoms with van der Waals surface area (Å²) in [6, 6.07) is 18.0. The van der Waals surface area contributed by atoms with Crippen LogP contribution in [-0.4, -0.2) is 29.3 Å². The number of rotatable bonds is 4. The smallest absolute Gasteiger partial charge is 0.281 e. The van der Waals surface area contributed by atoms with E-state index in [0.29, 0.717) is 0 Å². The molecule has 0 aliphatic carbocycles. The van der Waals surface area contributed by atoms with E-state index in [1.54, 1.807) is 8.79 Å². The van der Waals surface area contributed by atoms with Gasteiger partial charge in [0, 0.05) is 0 Å². The van der Waals surface area contributed by atoms with E-state index in [9.17, 15) is 4.80 Å². The zero-order valence-electron chi connectivity index (χ0n) is 26.1. The topological polar surface area (TPSA) is 20.2 Å². The largest absolute Gasteiger partial charge is 0.424 e. The van der Waals surface area contributed by atoms with Crippen molar-refractivity contribution in [3.05, 3.63) is 115 Å². The molecule has 0 aromatic heterocycles. The van der Waals surface area contributed by atoms with E-state index in [1.807, 2.05) is 0 Å². The Bertz CT molecular complexity index is 1310. The van der Waals surface area contributed by atoms with Crippen molar-refractivity contribution in [2.75, 3.05) is 0 Å². The van der Waals surface area contributed by atoms with Gasteiger partial charge in [-0.1, -0.05) is 35.4 Å². The zero-order chi connectivity index (χ0) is 29.2. The summed E-state index contributed by atoms with van der Waals surface area (Å²) in [5, 5.41) is 2.30. The second-order valence-corrected chi connectivity index (χ2v) is 15.9. The molecule has 0 bridgehead atoms. The Kier molecular flexibility index (Phi) is 10.3. The minimum absolute atomic E-state index is 0.239. The van der Waals surface area contributed by atoms with Gasteiger partial charge in [0.05, 0.1) is 0 Å². The molecule has 0 saturated carbocycles. The predicted molar refractivity (Wildman–Crippen MR) is 175 cm³/mol. The van der Waals surface area contributed by atoms with Gasteiger partial charge in [0.25, 0.3) is 9.04 Å². The molecule has 0 saturated heterocycles. The maximum Gasteiger partial charge on any atom is 0.281 e. The summed E-state index contributed by atoms with van der Waals surface area (Å²) in [6.07, 6.45) is 0. The van der Waals surface area contributed by atoms with Crippen LogP contribution in [0.5, 0.6) is 0 Å². The molecule has 0 spiro atoms. The first-order valence-electron chi connectivity index (χ1n) is 13.8. The molecular formula is C36H45GeOSi. The van der Waals surface area contributed by atoms with Gasteiger partial charge in [-0.15, -0.1) is 0 Å². The van der Waals surface area contributed by atoms with E-state index in [4.69, 9.17) is 0 Å². The second kappa shape index (κ2) is 12.8. The molecule has 203 valence electrons. The minimum Gasteiger partial charge on any atom is -0.424 e. The molecule has 4 aromatic carbocycles. The van der Waals surface area contributed by atoms with E-state index in [1.165, 1.54) is 66.8 Å². The van der Waals surface area contributed by atoms with Crippen LogP contribution in [0.3, 0.4) is 0 Å². The summed E-state index contributed by atoms with van der Waals surface area (Å²) >= 11 is -0.239. The van der Waals surface area contributed by atoms with E-state index < -0.39 is 9.04 Å². The van der Waals surface area contributed by atoms with E-state index >= 15 is 0 Å². The predicted octanol–water partition coefficient (Wildman–Crippen LogP) is 5.83. The minimum atomic E-state index is -1.70. The van der Waals surface area contributed by atoms with Crippen LogP contribution in [0.1, 0.15) is 66.8 Å². The molecule has 3 radical (unpaired) electrons. The fourth-order valence-electron chi connectivity index (χ4n) is 6.11. The summed E-state index contributed by atoms with van der Waals surface area (Å²) < 4.78 is 3.22. The van der Waals surface area contributed by atoms with Gasteiger partial charge in [-0.3, -0.25) is 0 Å². The molecule has 0 amide bonds. The molecule has 0 heterocycles. The SMILES string of the molecule is Cc1cc(C)[c]([Ge][c]2c(C)cc(C)cc2C)c(C)c1.Cc1cc(C)c([Si](O)c2c(C)cc(C)cc2C)c(C)c1. The molecule has 0 atom stereocenters. The molecule has 0 fully saturated rings. The van der Waals surface area contributed by atoms with Gasteiger partial charge in [0.15, 0.2) is 0 Å². The summed E-state index contributed by atoms with van der Waals surface area (Å²) in [5.74, 6) is 0. The van der Waals surface area contributed by atoms with Crippen molar-refractivity contribution in [3.8, 4) is 0 Å². The van der Waals surface area contributed by atoms with Gasteiger partial charge in [-0.05, 0) is 74.2 Å². The van der Waals surface area contributed by atoms with Gasteiger partial charge in [0.2, 0.25) is 0 Å². The molecule has 3 heteroatoms. The third-order valence-electron chi connectivity index (χ3n) is 7.43. The summed E-state index contributed by atoms with van der Waals surface area (Å²) in [4.78, 5) is 11.0. The molecule has 1 nitrogen and oxygen atoms in total. The van der Waals surface area contributed by atoms with Crippen molar-refractivity contribution in [1.29, 1.82) is 0 Å². The quantitative estimate of drug-likeness (QED) is 0.295. The summed E-state index contributed by atoms with van der Waals surface area (Å²) in [6.45, 7) is 26.1. The van der Waals surface area contributed by atoms with Crippen LogP contribution in [0.4, 0.5) is 0 Å². The standard InChI is InChI=1S/C18H22Ge.C18H23OSi/c1-11-7-13(3)17(14(4)8-11)19-18-15(5)9-12(2)10-16(18)6;1-11-7-13(3)17(14(4)8-11)20(19)18-15(5)9-12(2)10-16(18)6/h7-10H,1-6H3;7-10,19H,1-6H3. The Morgan fingerprint density at radius 1 is 0.385 bits per heavy atom. The van der Waals surface area contributed by atoms with Crippen molar-refractivity contribution >= 4 is 43.6 Å². The normalized spacial score (nSPS) is 11.0. The van der Waals surface area contributed by atoms with Gasteiger partial charge in [-0.2, -0.15) is 0 Å². The fraction of sp³-hybridized carbons (Fsp3) is 0.333. The first kappa shape index (κ1) is 31.1. The maximum absolute atomic E-state index is 11.0. The van der Waals surface area contributed by atoms with E-state index in [-0.39, 0.29) is 15.4 Å². The average Bonchev–Trinajstić information content (AvgIpc) is 2.76. The Morgan fingerprint density at radius 2 is 0.590 bits per heavy atom. The van der Waals surface area contributed by atoms with Gasteiger partial charge < -0.3 is 4.80 Å². The second-order valence-electron chi connectivity index (χ2n) is 11.6. The van der Waals surface area contributed by atoms with Crippen molar-refractivity contribution < 1.29 is 4.80 Å². The van der Waals surface area contributed by atoms with Crippen LogP contribution in [0.15, 0.2) is 48.5 Å². The van der Waals surface area contributed by atoms with Crippen molar-refractivity contribution in [2.45, 2.75) is 83.1 Å². The van der Waals surface area contributed by atoms with Crippen LogP contribution in [0.2, 0.25) is 0 Å². The Balaban J connectivity index is 0.000000216. The van der Waals surface area contributed by atoms with Crippen LogP contribution in [0, 0.1) is 83.1 Å². The van der Waals surface area contributed by atoms with E-state index in [2.05, 4.69) is 132 Å². The van der Waals surface area contributed by atoms with Gasteiger partial charge >= 0.3 is 123 Å². The van der Waals surface area contributed by atoms with Gasteiger partial charge in [0.1, 0.15) is 0 Å². The van der Waals surface area contributed by atoms with Crippen molar-refractivity contribution in [1.82, 2.24) is 0 Å². The third kappa shape index (κ3) is 7.42. The molecule has 0 aliphatic rings. The molecular weight excluding hydrogens is 549 g/mol. The summed E-state index contributed by atoms with van der Waals surface area (Å²) in [7, 11) is -1.70. The van der Waals surface area contributed by atoms with E-state index in [0.717, 1.165) is 10.4 Å². The molecule has 4 rings (SSSR count). The molecule has 39 heavy (non-hydrogen) atoms. The third-order valence-corrected chi connectivity index (χ3v) is 14.3. The van der Waals surface area contributed by atoms with Crippen LogP contribution < -0.4 is 19.2 Å². The van der Waals surface area contributed by atoms with Gasteiger partial charge in [-0.25, -0.2) is 0 Å². The molecule has 0 unspecified atom stereocenters. The molecule has 4 aromatic rings. The number of hydrogen-bond acceptors (Lipinski definition) is 1. The summed E-state index contributed by atoms with van der Waals surface area (Å²) in [5.41, 5.74) is 16.0. The first-order valence-corrected chi connectivity index (χ1v) is 17.4. The van der Waals surface area contributed by atoms with Crippen molar-refractivity contribution in [2.24, 2.45) is 0 Å². The fourth-order valence-corrected chi connectivity index (χ4v) is 10.9. The number of benzene rings is 4. The van der Waals surface area contributed by atoms with Crippen LogP contribution in [0.25, 0.3) is 0 Å². The molecule has 1 N–H and O–H groups in total. The Labute approximate surface area is 245 Å². The Hall–Kier alpha value is -2.40. The average molecular weight is 594 g/mol. The van der Waals surface area contributed by atoms with Crippen molar-refractivity contribution in [3.63, 3.8) is 0 Å². The monoisotopic (exact) mass is 595 g/mol. The first-order chi connectivity index (χ1) is 18.2. The maximum atomic E-state index is 11.0. The zero-order valence-corrected chi connectivity index (χ0v) is 29.2. The van der Waals surface area contributed by atoms with Crippen LogP contribution >= 0.6 is 0 Å².